The van der Waals surface area contributed by atoms with Crippen LogP contribution in [0.25, 0.3) is 0 Å². The number of hydrogen-bond donors (Lipinski definition) is 0. The Labute approximate surface area is 218 Å². The van der Waals surface area contributed by atoms with E-state index >= 15 is 0 Å². The van der Waals surface area contributed by atoms with E-state index in [2.05, 4.69) is 71.9 Å². The molecule has 198 valence electrons. The molecule has 3 fully saturated rings. The van der Waals surface area contributed by atoms with Gasteiger partial charge in [0.1, 0.15) is 0 Å². The molecule has 0 radical (unpaired) electrons. The molecule has 1 heteroatoms. The first-order chi connectivity index (χ1) is 16.7. The van der Waals surface area contributed by atoms with Crippen molar-refractivity contribution in [2.75, 3.05) is 6.61 Å². The highest BCUT2D eigenvalue weighted by atomic mass is 16.5. The highest BCUT2D eigenvalue weighted by molar-refractivity contribution is 5.22. The maximum atomic E-state index is 5.89. The third-order valence-electron chi connectivity index (χ3n) is 10.6. The molecule has 0 spiro atoms. The van der Waals surface area contributed by atoms with E-state index in [-0.39, 0.29) is 5.60 Å². The summed E-state index contributed by atoms with van der Waals surface area (Å²) < 4.78 is 5.89. The van der Waals surface area contributed by atoms with E-state index in [0.717, 1.165) is 48.0 Å². The molecule has 0 aliphatic heterocycles. The molecule has 0 amide bonds. The maximum Gasteiger partial charge on any atom is 0.0598 e. The average molecular weight is 481 g/mol. The van der Waals surface area contributed by atoms with Crippen molar-refractivity contribution in [2.24, 2.45) is 40.9 Å². The van der Waals surface area contributed by atoms with Gasteiger partial charge in [0, 0.05) is 6.61 Å². The Balaban J connectivity index is 1.27. The van der Waals surface area contributed by atoms with Crippen molar-refractivity contribution in [2.45, 2.75) is 130 Å². The lowest BCUT2D eigenvalue weighted by atomic mass is 9.59. The Morgan fingerprint density at radius 3 is 2.29 bits per heavy atom. The number of hydrogen-bond acceptors (Lipinski definition) is 1. The van der Waals surface area contributed by atoms with Gasteiger partial charge in [0.2, 0.25) is 0 Å². The van der Waals surface area contributed by atoms with Gasteiger partial charge in [-0.3, -0.25) is 0 Å². The van der Waals surface area contributed by atoms with E-state index < -0.39 is 0 Å². The molecular formula is C34H56O. The van der Waals surface area contributed by atoms with Crippen LogP contribution in [0.3, 0.4) is 0 Å². The van der Waals surface area contributed by atoms with Crippen molar-refractivity contribution in [1.82, 2.24) is 0 Å². The van der Waals surface area contributed by atoms with E-state index in [1.165, 1.54) is 77.0 Å². The van der Waals surface area contributed by atoms with Gasteiger partial charge in [-0.05, 0) is 112 Å². The van der Waals surface area contributed by atoms with Crippen molar-refractivity contribution in [1.29, 1.82) is 0 Å². The van der Waals surface area contributed by atoms with E-state index in [1.54, 1.807) is 5.56 Å². The second-order valence-electron chi connectivity index (χ2n) is 14.4. The van der Waals surface area contributed by atoms with Crippen LogP contribution in [0.2, 0.25) is 0 Å². The number of ether oxygens (including phenoxy) is 1. The molecular weight excluding hydrogens is 424 g/mol. The van der Waals surface area contributed by atoms with Crippen LogP contribution < -0.4 is 0 Å². The first-order valence-electron chi connectivity index (χ1n) is 15.4. The third kappa shape index (κ3) is 6.74. The molecule has 1 aromatic rings. The number of fused-ring (bicyclic) bond motifs is 1. The average Bonchev–Trinajstić information content (AvgIpc) is 3.42. The third-order valence-corrected chi connectivity index (χ3v) is 10.6. The molecule has 1 aromatic carbocycles. The summed E-state index contributed by atoms with van der Waals surface area (Å²) in [6.45, 7) is 15.4. The van der Waals surface area contributed by atoms with Gasteiger partial charge in [-0.2, -0.15) is 0 Å². The molecule has 35 heavy (non-hydrogen) atoms. The van der Waals surface area contributed by atoms with Crippen molar-refractivity contribution in [3.63, 3.8) is 0 Å². The van der Waals surface area contributed by atoms with Gasteiger partial charge in [-0.1, -0.05) is 89.6 Å². The van der Waals surface area contributed by atoms with Crippen LogP contribution in [-0.2, 0) is 4.74 Å². The first kappa shape index (κ1) is 27.2. The zero-order chi connectivity index (χ0) is 25.1. The van der Waals surface area contributed by atoms with Gasteiger partial charge in [0.25, 0.3) is 0 Å². The number of benzene rings is 1. The zero-order valence-corrected chi connectivity index (χ0v) is 24.0. The van der Waals surface area contributed by atoms with Gasteiger partial charge in [-0.15, -0.1) is 0 Å². The van der Waals surface area contributed by atoms with Crippen LogP contribution in [0.15, 0.2) is 30.3 Å². The summed E-state index contributed by atoms with van der Waals surface area (Å²) in [5.74, 6) is 6.42. The lowest BCUT2D eigenvalue weighted by Crippen LogP contribution is -2.39. The summed E-state index contributed by atoms with van der Waals surface area (Å²) in [6.07, 6.45) is 17.1. The van der Waals surface area contributed by atoms with Crippen LogP contribution in [0.4, 0.5) is 0 Å². The minimum Gasteiger partial charge on any atom is -0.376 e. The topological polar surface area (TPSA) is 9.23 Å². The molecule has 0 saturated heterocycles. The van der Waals surface area contributed by atoms with E-state index in [1.807, 2.05) is 0 Å². The quantitative estimate of drug-likeness (QED) is 0.303. The molecule has 0 heterocycles. The molecule has 7 unspecified atom stereocenters. The van der Waals surface area contributed by atoms with Gasteiger partial charge in [-0.25, -0.2) is 0 Å². The summed E-state index contributed by atoms with van der Waals surface area (Å²) in [4.78, 5) is 0. The fraction of sp³-hybridized carbons (Fsp3) is 0.824. The van der Waals surface area contributed by atoms with Crippen molar-refractivity contribution in [3.8, 4) is 0 Å². The van der Waals surface area contributed by atoms with E-state index in [4.69, 9.17) is 4.74 Å². The molecule has 0 aromatic heterocycles. The summed E-state index contributed by atoms with van der Waals surface area (Å²) in [5.41, 5.74) is 2.14. The standard InChI is InChI=1S/C34H56O/c1-25-23-31-29(27-16-11-9-12-17-27)18-14-19-30(31)32(25)34(5,6)28-21-20-26(24-28)15-10-7-8-13-22-35-33(2,3)4/h9,11-12,16-17,25-26,28-32H,7-8,10,13-15,18-24H2,1-6H3. The van der Waals surface area contributed by atoms with Gasteiger partial charge in [0.05, 0.1) is 5.60 Å². The Morgan fingerprint density at radius 2 is 1.54 bits per heavy atom. The van der Waals surface area contributed by atoms with Crippen molar-refractivity contribution in [3.05, 3.63) is 35.9 Å². The predicted octanol–water partition coefficient (Wildman–Crippen LogP) is 10.1. The van der Waals surface area contributed by atoms with Gasteiger partial charge < -0.3 is 4.74 Å². The normalized spacial score (nSPS) is 33.7. The number of unbranched alkanes of at least 4 members (excludes halogenated alkanes) is 3. The molecule has 0 N–H and O–H groups in total. The minimum atomic E-state index is 0.0164. The van der Waals surface area contributed by atoms with Crippen LogP contribution in [-0.4, -0.2) is 12.2 Å². The largest absolute Gasteiger partial charge is 0.376 e. The monoisotopic (exact) mass is 480 g/mol. The Bertz CT molecular complexity index is 759. The molecule has 3 aliphatic rings. The molecule has 0 bridgehead atoms. The minimum absolute atomic E-state index is 0.0164. The fourth-order valence-electron chi connectivity index (χ4n) is 9.03. The Kier molecular flexibility index (Phi) is 9.10. The lowest BCUT2D eigenvalue weighted by molar-refractivity contribution is -0.00477. The van der Waals surface area contributed by atoms with Crippen LogP contribution >= 0.6 is 0 Å². The zero-order valence-electron chi connectivity index (χ0n) is 24.0. The molecule has 4 rings (SSSR count). The maximum absolute atomic E-state index is 5.89. The summed E-state index contributed by atoms with van der Waals surface area (Å²) in [6, 6.07) is 11.5. The van der Waals surface area contributed by atoms with E-state index in [0.29, 0.717) is 5.41 Å². The highest BCUT2D eigenvalue weighted by Crippen LogP contribution is 2.62. The predicted molar refractivity (Wildman–Crippen MR) is 151 cm³/mol. The lowest BCUT2D eigenvalue weighted by Gasteiger charge is -2.46. The van der Waals surface area contributed by atoms with E-state index in [9.17, 15) is 0 Å². The smallest absolute Gasteiger partial charge is 0.0598 e. The SMILES string of the molecule is CC1CC2C(c3ccccc3)CCCC2C1C(C)(C)C1CCC(CCCCCCOC(C)(C)C)C1. The van der Waals surface area contributed by atoms with Crippen LogP contribution in [0.1, 0.15) is 130 Å². The highest BCUT2D eigenvalue weighted by Gasteiger charge is 2.54. The molecule has 3 saturated carbocycles. The summed E-state index contributed by atoms with van der Waals surface area (Å²) >= 11 is 0. The summed E-state index contributed by atoms with van der Waals surface area (Å²) in [7, 11) is 0. The van der Waals surface area contributed by atoms with Crippen molar-refractivity contribution >= 4 is 0 Å². The Morgan fingerprint density at radius 1 is 0.800 bits per heavy atom. The van der Waals surface area contributed by atoms with Gasteiger partial charge >= 0.3 is 0 Å². The van der Waals surface area contributed by atoms with Crippen LogP contribution in [0.5, 0.6) is 0 Å². The first-order valence-corrected chi connectivity index (χ1v) is 15.4. The number of rotatable bonds is 10. The second-order valence-corrected chi connectivity index (χ2v) is 14.4. The molecule has 1 nitrogen and oxygen atoms in total. The fourth-order valence-corrected chi connectivity index (χ4v) is 9.03. The van der Waals surface area contributed by atoms with Gasteiger partial charge in [0.15, 0.2) is 0 Å². The molecule has 3 aliphatic carbocycles. The van der Waals surface area contributed by atoms with Crippen molar-refractivity contribution < 1.29 is 4.74 Å². The summed E-state index contributed by atoms with van der Waals surface area (Å²) in [5, 5.41) is 0. The molecule has 7 atom stereocenters. The van der Waals surface area contributed by atoms with Crippen LogP contribution in [0, 0.1) is 40.9 Å². The second kappa shape index (κ2) is 11.7. The Hall–Kier alpha value is -0.820.